The van der Waals surface area contributed by atoms with Crippen LogP contribution in [0.1, 0.15) is 5.69 Å². The topological polar surface area (TPSA) is 65.1 Å². The summed E-state index contributed by atoms with van der Waals surface area (Å²) < 4.78 is 0. The van der Waals surface area contributed by atoms with Crippen LogP contribution in [0, 0.1) is 0 Å². The second kappa shape index (κ2) is 4.56. The van der Waals surface area contributed by atoms with Gasteiger partial charge in [0.15, 0.2) is 0 Å². The zero-order valence-corrected chi connectivity index (χ0v) is 6.71. The molecular formula is C8H12N2O2. The van der Waals surface area contributed by atoms with Gasteiger partial charge in [-0.1, -0.05) is 0 Å². The second-order valence-corrected chi connectivity index (χ2v) is 2.45. The summed E-state index contributed by atoms with van der Waals surface area (Å²) in [5.41, 5.74) is 1.08. The number of aliphatic hydroxyl groups excluding tert-OH is 1. The molecule has 0 aliphatic carbocycles. The van der Waals surface area contributed by atoms with E-state index in [0.717, 1.165) is 12.1 Å². The number of aliphatic hydroxyl groups is 1. The van der Waals surface area contributed by atoms with Crippen LogP contribution < -0.4 is 5.32 Å². The van der Waals surface area contributed by atoms with Crippen molar-refractivity contribution in [2.45, 2.75) is 6.42 Å². The van der Waals surface area contributed by atoms with E-state index in [1.165, 1.54) is 0 Å². The number of amides is 1. The third kappa shape index (κ3) is 2.75. The molecule has 3 N–H and O–H groups in total. The molecule has 0 aliphatic rings. The number of H-pyrrole nitrogens is 1. The molecule has 0 saturated heterocycles. The fraction of sp³-hybridized carbons (Fsp3) is 0.375. The summed E-state index contributed by atoms with van der Waals surface area (Å²) in [4.78, 5) is 13.6. The number of hydrogen-bond donors (Lipinski definition) is 3. The smallest absolute Gasteiger partial charge is 0.245 e. The van der Waals surface area contributed by atoms with Gasteiger partial charge in [0.25, 0.3) is 0 Å². The first kappa shape index (κ1) is 8.80. The van der Waals surface area contributed by atoms with Crippen LogP contribution in [-0.4, -0.2) is 29.1 Å². The highest BCUT2D eigenvalue weighted by Gasteiger charge is 1.96. The number of hydrogen-bond acceptors (Lipinski definition) is 2. The molecule has 4 heteroatoms. The predicted octanol–water partition coefficient (Wildman–Crippen LogP) is -0.334. The Morgan fingerprint density at radius 3 is 3.08 bits per heavy atom. The Hall–Kier alpha value is -1.29. The van der Waals surface area contributed by atoms with E-state index < -0.39 is 6.61 Å². The van der Waals surface area contributed by atoms with E-state index in [9.17, 15) is 4.79 Å². The van der Waals surface area contributed by atoms with Gasteiger partial charge in [0.05, 0.1) is 0 Å². The monoisotopic (exact) mass is 168 g/mol. The fourth-order valence-electron chi connectivity index (χ4n) is 0.916. The first-order valence-electron chi connectivity index (χ1n) is 3.83. The summed E-state index contributed by atoms with van der Waals surface area (Å²) in [6, 6.07) is 3.86. The van der Waals surface area contributed by atoms with Crippen LogP contribution in [0.2, 0.25) is 0 Å². The summed E-state index contributed by atoms with van der Waals surface area (Å²) in [6.07, 6.45) is 2.60. The number of nitrogens with one attached hydrogen (secondary N) is 2. The number of carbonyl (C=O) groups is 1. The molecule has 0 aromatic carbocycles. The molecule has 12 heavy (non-hydrogen) atoms. The van der Waals surface area contributed by atoms with Gasteiger partial charge in [0, 0.05) is 24.9 Å². The summed E-state index contributed by atoms with van der Waals surface area (Å²) >= 11 is 0. The van der Waals surface area contributed by atoms with Crippen molar-refractivity contribution < 1.29 is 9.90 Å². The van der Waals surface area contributed by atoms with Crippen LogP contribution in [0.25, 0.3) is 0 Å². The third-order valence-corrected chi connectivity index (χ3v) is 1.52. The summed E-state index contributed by atoms with van der Waals surface area (Å²) in [5.74, 6) is -0.332. The Morgan fingerprint density at radius 1 is 1.67 bits per heavy atom. The molecule has 0 fully saturated rings. The Kier molecular flexibility index (Phi) is 3.35. The number of carbonyl (C=O) groups excluding carboxylic acids is 1. The predicted molar refractivity (Wildman–Crippen MR) is 44.6 cm³/mol. The van der Waals surface area contributed by atoms with Crippen LogP contribution in [-0.2, 0) is 11.2 Å². The van der Waals surface area contributed by atoms with E-state index >= 15 is 0 Å². The van der Waals surface area contributed by atoms with E-state index in [2.05, 4.69) is 10.3 Å². The van der Waals surface area contributed by atoms with Gasteiger partial charge in [-0.2, -0.15) is 0 Å². The molecule has 0 unspecified atom stereocenters. The van der Waals surface area contributed by atoms with E-state index in [4.69, 9.17) is 5.11 Å². The van der Waals surface area contributed by atoms with Gasteiger partial charge in [0.2, 0.25) is 5.91 Å². The standard InChI is InChI=1S/C8H12N2O2/c11-6-8(12)10-5-3-7-2-1-4-9-7/h1-2,4,9,11H,3,5-6H2,(H,10,12). The highest BCUT2D eigenvalue weighted by Crippen LogP contribution is 1.93. The molecule has 1 aromatic rings. The van der Waals surface area contributed by atoms with Gasteiger partial charge in [-0.3, -0.25) is 4.79 Å². The average Bonchev–Trinajstić information content (AvgIpc) is 2.57. The van der Waals surface area contributed by atoms with Crippen molar-refractivity contribution in [3.8, 4) is 0 Å². The zero-order chi connectivity index (χ0) is 8.81. The molecule has 0 spiro atoms. The molecule has 0 atom stereocenters. The molecule has 4 nitrogen and oxygen atoms in total. The molecule has 0 radical (unpaired) electrons. The molecule has 1 heterocycles. The Morgan fingerprint density at radius 2 is 2.50 bits per heavy atom. The molecule has 0 aliphatic heterocycles. The van der Waals surface area contributed by atoms with Gasteiger partial charge >= 0.3 is 0 Å². The van der Waals surface area contributed by atoms with E-state index in [0.29, 0.717) is 6.54 Å². The summed E-state index contributed by atoms with van der Waals surface area (Å²) in [6.45, 7) is 0.116. The maximum atomic E-state index is 10.6. The second-order valence-electron chi connectivity index (χ2n) is 2.45. The van der Waals surface area contributed by atoms with Gasteiger partial charge in [0.1, 0.15) is 6.61 Å². The first-order valence-corrected chi connectivity index (χ1v) is 3.83. The SMILES string of the molecule is O=C(CO)NCCc1ccc[nH]1. The minimum absolute atomic E-state index is 0.332. The van der Waals surface area contributed by atoms with Crippen LogP contribution >= 0.6 is 0 Å². The summed E-state index contributed by atoms with van der Waals surface area (Å²) in [5, 5.41) is 10.9. The fourth-order valence-corrected chi connectivity index (χ4v) is 0.916. The minimum atomic E-state index is -0.440. The lowest BCUT2D eigenvalue weighted by atomic mass is 10.3. The minimum Gasteiger partial charge on any atom is -0.387 e. The van der Waals surface area contributed by atoms with Crippen molar-refractivity contribution in [3.05, 3.63) is 24.0 Å². The summed E-state index contributed by atoms with van der Waals surface area (Å²) in [7, 11) is 0. The highest BCUT2D eigenvalue weighted by molar-refractivity contribution is 5.76. The number of rotatable bonds is 4. The van der Waals surface area contributed by atoms with Gasteiger partial charge in [-0.25, -0.2) is 0 Å². The quantitative estimate of drug-likeness (QED) is 0.576. The van der Waals surface area contributed by atoms with Crippen molar-refractivity contribution in [2.75, 3.05) is 13.2 Å². The molecular weight excluding hydrogens is 156 g/mol. The van der Waals surface area contributed by atoms with Gasteiger partial charge in [-0.15, -0.1) is 0 Å². The molecule has 1 amide bonds. The third-order valence-electron chi connectivity index (χ3n) is 1.52. The van der Waals surface area contributed by atoms with E-state index in [-0.39, 0.29) is 5.91 Å². The van der Waals surface area contributed by atoms with Crippen molar-refractivity contribution in [1.82, 2.24) is 10.3 Å². The first-order chi connectivity index (χ1) is 5.83. The zero-order valence-electron chi connectivity index (χ0n) is 6.71. The lowest BCUT2D eigenvalue weighted by Crippen LogP contribution is -2.28. The Bertz CT molecular complexity index is 231. The molecule has 0 bridgehead atoms. The number of aromatic nitrogens is 1. The molecule has 66 valence electrons. The van der Waals surface area contributed by atoms with E-state index in [1.807, 2.05) is 18.3 Å². The largest absolute Gasteiger partial charge is 0.387 e. The van der Waals surface area contributed by atoms with Crippen LogP contribution in [0.15, 0.2) is 18.3 Å². The Balaban J connectivity index is 2.15. The molecule has 0 saturated carbocycles. The van der Waals surface area contributed by atoms with Crippen LogP contribution in [0.3, 0.4) is 0 Å². The maximum Gasteiger partial charge on any atom is 0.245 e. The van der Waals surface area contributed by atoms with E-state index in [1.54, 1.807) is 0 Å². The maximum absolute atomic E-state index is 10.6. The van der Waals surface area contributed by atoms with Crippen molar-refractivity contribution >= 4 is 5.91 Å². The normalized spacial score (nSPS) is 9.75. The Labute approximate surface area is 70.6 Å². The van der Waals surface area contributed by atoms with Crippen molar-refractivity contribution in [1.29, 1.82) is 0 Å². The van der Waals surface area contributed by atoms with Crippen LogP contribution in [0.5, 0.6) is 0 Å². The average molecular weight is 168 g/mol. The van der Waals surface area contributed by atoms with Crippen molar-refractivity contribution in [3.63, 3.8) is 0 Å². The van der Waals surface area contributed by atoms with Gasteiger partial charge in [-0.05, 0) is 12.1 Å². The number of aromatic amines is 1. The van der Waals surface area contributed by atoms with Gasteiger partial charge < -0.3 is 15.4 Å². The van der Waals surface area contributed by atoms with Crippen LogP contribution in [0.4, 0.5) is 0 Å². The molecule has 1 rings (SSSR count). The lowest BCUT2D eigenvalue weighted by molar-refractivity contribution is -0.123. The molecule has 1 aromatic heterocycles. The van der Waals surface area contributed by atoms with Crippen molar-refractivity contribution in [2.24, 2.45) is 0 Å². The highest BCUT2D eigenvalue weighted by atomic mass is 16.3. The lowest BCUT2D eigenvalue weighted by Gasteiger charge is -2.00.